The van der Waals surface area contributed by atoms with Gasteiger partial charge in [-0.05, 0) is 49.8 Å². The highest BCUT2D eigenvalue weighted by atomic mass is 16.5. The second-order valence-electron chi connectivity index (χ2n) is 5.80. The second-order valence-corrected chi connectivity index (χ2v) is 5.80. The van der Waals surface area contributed by atoms with E-state index >= 15 is 0 Å². The van der Waals surface area contributed by atoms with Crippen LogP contribution in [0.3, 0.4) is 0 Å². The first kappa shape index (κ1) is 14.0. The Morgan fingerprint density at radius 3 is 2.29 bits per heavy atom. The minimum atomic E-state index is -0.218. The van der Waals surface area contributed by atoms with Crippen LogP contribution in [0.1, 0.15) is 50.3 Å². The molecule has 0 atom stereocenters. The van der Waals surface area contributed by atoms with Gasteiger partial charge in [0.2, 0.25) is 0 Å². The number of rotatable bonds is 4. The molecule has 0 saturated carbocycles. The van der Waals surface area contributed by atoms with Gasteiger partial charge in [-0.1, -0.05) is 26.0 Å². The third-order valence-electron chi connectivity index (χ3n) is 2.95. The van der Waals surface area contributed by atoms with Crippen molar-refractivity contribution in [1.82, 2.24) is 0 Å². The van der Waals surface area contributed by atoms with Gasteiger partial charge in [-0.25, -0.2) is 0 Å². The van der Waals surface area contributed by atoms with Crippen molar-refractivity contribution in [2.75, 3.05) is 7.11 Å². The molecule has 0 heterocycles. The molecule has 0 aromatic heterocycles. The van der Waals surface area contributed by atoms with Crippen LogP contribution in [0, 0.1) is 6.92 Å². The van der Waals surface area contributed by atoms with Gasteiger partial charge in [0.05, 0.1) is 7.11 Å². The van der Waals surface area contributed by atoms with Crippen LogP contribution in [0.25, 0.3) is 0 Å². The monoisotopic (exact) mass is 235 g/mol. The van der Waals surface area contributed by atoms with Gasteiger partial charge in [0.15, 0.2) is 0 Å². The highest BCUT2D eigenvalue weighted by Gasteiger charge is 2.20. The van der Waals surface area contributed by atoms with Gasteiger partial charge in [0.25, 0.3) is 0 Å². The van der Waals surface area contributed by atoms with Crippen LogP contribution in [0.15, 0.2) is 12.1 Å². The van der Waals surface area contributed by atoms with E-state index in [4.69, 9.17) is 10.5 Å². The molecule has 2 heteroatoms. The molecule has 0 fully saturated rings. The van der Waals surface area contributed by atoms with E-state index in [0.29, 0.717) is 5.92 Å². The number of aryl methyl sites for hydroxylation is 1. The van der Waals surface area contributed by atoms with Crippen molar-refractivity contribution in [2.24, 2.45) is 5.73 Å². The summed E-state index contributed by atoms with van der Waals surface area (Å²) in [5, 5.41) is 0. The third-order valence-corrected chi connectivity index (χ3v) is 2.95. The average molecular weight is 235 g/mol. The van der Waals surface area contributed by atoms with Crippen molar-refractivity contribution in [3.05, 3.63) is 28.8 Å². The first-order valence-corrected chi connectivity index (χ1v) is 6.21. The molecule has 0 aliphatic rings. The second kappa shape index (κ2) is 5.09. The molecule has 0 spiro atoms. The normalized spacial score (nSPS) is 12.0. The molecule has 0 bridgehead atoms. The maximum absolute atomic E-state index is 6.15. The molecule has 2 nitrogen and oxygen atoms in total. The number of hydrogen-bond acceptors (Lipinski definition) is 2. The van der Waals surface area contributed by atoms with E-state index < -0.39 is 0 Å². The van der Waals surface area contributed by atoms with Gasteiger partial charge >= 0.3 is 0 Å². The zero-order valence-electron chi connectivity index (χ0n) is 11.9. The van der Waals surface area contributed by atoms with Crippen LogP contribution in [-0.4, -0.2) is 12.6 Å². The van der Waals surface area contributed by atoms with E-state index in [-0.39, 0.29) is 5.54 Å². The number of ether oxygens (including phenoxy) is 1. The van der Waals surface area contributed by atoms with Gasteiger partial charge < -0.3 is 10.5 Å². The van der Waals surface area contributed by atoms with Crippen LogP contribution < -0.4 is 10.5 Å². The van der Waals surface area contributed by atoms with Gasteiger partial charge in [-0.15, -0.1) is 0 Å². The van der Waals surface area contributed by atoms with Crippen molar-refractivity contribution in [2.45, 2.75) is 52.5 Å². The van der Waals surface area contributed by atoms with Crippen LogP contribution in [0.5, 0.6) is 5.75 Å². The smallest absolute Gasteiger partial charge is 0.125 e. The molecular weight excluding hydrogens is 210 g/mol. The standard InChI is InChI=1S/C15H25NO/c1-10(2)12-8-7-11(3)14(17-6)13(12)9-15(4,5)16/h7-8,10H,9,16H2,1-6H3. The Morgan fingerprint density at radius 1 is 1.29 bits per heavy atom. The highest BCUT2D eigenvalue weighted by molar-refractivity contribution is 5.48. The Bertz CT molecular complexity index is 389. The summed E-state index contributed by atoms with van der Waals surface area (Å²) in [5.41, 5.74) is 9.71. The summed E-state index contributed by atoms with van der Waals surface area (Å²) >= 11 is 0. The van der Waals surface area contributed by atoms with Crippen molar-refractivity contribution < 1.29 is 4.74 Å². The largest absolute Gasteiger partial charge is 0.496 e. The van der Waals surface area contributed by atoms with E-state index in [1.165, 1.54) is 16.7 Å². The Balaban J connectivity index is 3.34. The summed E-state index contributed by atoms with van der Waals surface area (Å²) in [7, 11) is 1.74. The quantitative estimate of drug-likeness (QED) is 0.868. The lowest BCUT2D eigenvalue weighted by Crippen LogP contribution is -2.35. The maximum Gasteiger partial charge on any atom is 0.125 e. The highest BCUT2D eigenvalue weighted by Crippen LogP contribution is 2.33. The topological polar surface area (TPSA) is 35.2 Å². The summed E-state index contributed by atoms with van der Waals surface area (Å²) in [6.07, 6.45) is 0.839. The average Bonchev–Trinajstić information content (AvgIpc) is 2.15. The zero-order chi connectivity index (χ0) is 13.2. The van der Waals surface area contributed by atoms with Crippen molar-refractivity contribution in [3.8, 4) is 5.75 Å². The van der Waals surface area contributed by atoms with Crippen molar-refractivity contribution >= 4 is 0 Å². The Morgan fingerprint density at radius 2 is 1.88 bits per heavy atom. The predicted molar refractivity (Wildman–Crippen MR) is 73.8 cm³/mol. The fourth-order valence-electron chi connectivity index (χ4n) is 2.22. The van der Waals surface area contributed by atoms with E-state index in [1.807, 2.05) is 0 Å². The van der Waals surface area contributed by atoms with Gasteiger partial charge in [-0.3, -0.25) is 0 Å². The molecule has 17 heavy (non-hydrogen) atoms. The summed E-state index contributed by atoms with van der Waals surface area (Å²) in [6.45, 7) is 10.6. The van der Waals surface area contributed by atoms with E-state index in [2.05, 4.69) is 46.8 Å². The predicted octanol–water partition coefficient (Wildman–Crippen LogP) is 3.41. The van der Waals surface area contributed by atoms with Crippen molar-refractivity contribution in [1.29, 1.82) is 0 Å². The van der Waals surface area contributed by atoms with E-state index in [1.54, 1.807) is 7.11 Å². The number of nitrogens with two attached hydrogens (primary N) is 1. The molecular formula is C15H25NO. The van der Waals surface area contributed by atoms with Crippen LogP contribution in [-0.2, 0) is 6.42 Å². The molecule has 0 radical (unpaired) electrons. The molecule has 1 aromatic rings. The van der Waals surface area contributed by atoms with E-state index in [9.17, 15) is 0 Å². The van der Waals surface area contributed by atoms with Crippen LogP contribution in [0.2, 0.25) is 0 Å². The Hall–Kier alpha value is -1.02. The van der Waals surface area contributed by atoms with Gasteiger partial charge in [0.1, 0.15) is 5.75 Å². The molecule has 2 N–H and O–H groups in total. The Labute approximate surface area is 105 Å². The summed E-state index contributed by atoms with van der Waals surface area (Å²) in [4.78, 5) is 0. The fourth-order valence-corrected chi connectivity index (χ4v) is 2.22. The molecule has 0 amide bonds. The SMILES string of the molecule is COc1c(C)ccc(C(C)C)c1CC(C)(C)N. The minimum Gasteiger partial charge on any atom is -0.496 e. The minimum absolute atomic E-state index is 0.218. The molecule has 0 aliphatic carbocycles. The molecule has 0 aliphatic heterocycles. The Kier molecular flexibility index (Phi) is 4.21. The summed E-state index contributed by atoms with van der Waals surface area (Å²) in [5.74, 6) is 1.48. The number of benzene rings is 1. The lowest BCUT2D eigenvalue weighted by Gasteiger charge is -2.25. The lowest BCUT2D eigenvalue weighted by atomic mass is 9.87. The zero-order valence-corrected chi connectivity index (χ0v) is 11.9. The molecule has 1 aromatic carbocycles. The first-order chi connectivity index (χ1) is 7.76. The molecule has 0 unspecified atom stereocenters. The molecule has 1 rings (SSSR count). The number of hydrogen-bond donors (Lipinski definition) is 1. The van der Waals surface area contributed by atoms with Crippen LogP contribution in [0.4, 0.5) is 0 Å². The fraction of sp³-hybridized carbons (Fsp3) is 0.600. The third kappa shape index (κ3) is 3.47. The van der Waals surface area contributed by atoms with Gasteiger partial charge in [-0.2, -0.15) is 0 Å². The van der Waals surface area contributed by atoms with E-state index in [0.717, 1.165) is 12.2 Å². The maximum atomic E-state index is 6.15. The van der Waals surface area contributed by atoms with Crippen LogP contribution >= 0.6 is 0 Å². The summed E-state index contributed by atoms with van der Waals surface area (Å²) in [6, 6.07) is 4.32. The summed E-state index contributed by atoms with van der Waals surface area (Å²) < 4.78 is 5.56. The first-order valence-electron chi connectivity index (χ1n) is 6.21. The molecule has 0 saturated heterocycles. The van der Waals surface area contributed by atoms with Gasteiger partial charge in [0, 0.05) is 5.54 Å². The number of methoxy groups -OCH3 is 1. The lowest BCUT2D eigenvalue weighted by molar-refractivity contribution is 0.397. The van der Waals surface area contributed by atoms with Crippen molar-refractivity contribution in [3.63, 3.8) is 0 Å². The molecule has 96 valence electrons.